The van der Waals surface area contributed by atoms with Gasteiger partial charge in [0.15, 0.2) is 11.5 Å². The third-order valence-electron chi connectivity index (χ3n) is 5.61. The predicted molar refractivity (Wildman–Crippen MR) is 94.8 cm³/mol. The number of likely N-dealkylation sites (tertiary alicyclic amines) is 2. The maximum atomic E-state index is 11.9. The van der Waals surface area contributed by atoms with Crippen molar-refractivity contribution in [1.82, 2.24) is 14.8 Å². The zero-order valence-electron chi connectivity index (χ0n) is 14.9. The van der Waals surface area contributed by atoms with Crippen molar-refractivity contribution in [2.45, 2.75) is 31.2 Å². The monoisotopic (exact) mass is 343 g/mol. The van der Waals surface area contributed by atoms with E-state index in [0.29, 0.717) is 23.1 Å². The zero-order chi connectivity index (χ0) is 17.4. The highest BCUT2D eigenvalue weighted by molar-refractivity contribution is 6.00. The van der Waals surface area contributed by atoms with Gasteiger partial charge in [-0.25, -0.2) is 9.78 Å². The minimum atomic E-state index is -0.382. The zero-order valence-corrected chi connectivity index (χ0v) is 14.9. The summed E-state index contributed by atoms with van der Waals surface area (Å²) >= 11 is 0. The van der Waals surface area contributed by atoms with Gasteiger partial charge in [0.25, 0.3) is 0 Å². The molecule has 1 aromatic heterocycles. The van der Waals surface area contributed by atoms with Crippen molar-refractivity contribution >= 4 is 17.1 Å². The van der Waals surface area contributed by atoms with E-state index in [1.165, 1.54) is 33.0 Å². The molecule has 0 spiro atoms. The number of hydrogen-bond donors (Lipinski definition) is 0. The highest BCUT2D eigenvalue weighted by Crippen LogP contribution is 2.33. The normalized spacial score (nSPS) is 23.4. The first kappa shape index (κ1) is 16.5. The summed E-state index contributed by atoms with van der Waals surface area (Å²) in [6, 6.07) is 6.11. The Morgan fingerprint density at radius 2 is 2.04 bits per heavy atom. The molecular weight excluding hydrogens is 318 g/mol. The highest BCUT2D eigenvalue weighted by Gasteiger charge is 2.33. The van der Waals surface area contributed by atoms with Gasteiger partial charge in [0.2, 0.25) is 0 Å². The van der Waals surface area contributed by atoms with Gasteiger partial charge in [-0.3, -0.25) is 4.90 Å². The van der Waals surface area contributed by atoms with E-state index in [9.17, 15) is 4.79 Å². The van der Waals surface area contributed by atoms with E-state index in [0.717, 1.165) is 30.9 Å². The first-order valence-electron chi connectivity index (χ1n) is 9.06. The van der Waals surface area contributed by atoms with E-state index >= 15 is 0 Å². The molecule has 6 nitrogen and oxygen atoms in total. The fraction of sp³-hybridized carbons (Fsp3) is 0.579. The molecule has 6 heteroatoms. The van der Waals surface area contributed by atoms with Gasteiger partial charge in [-0.2, -0.15) is 0 Å². The minimum Gasteiger partial charge on any atom is -0.465 e. The lowest BCUT2D eigenvalue weighted by atomic mass is 10.0. The van der Waals surface area contributed by atoms with Crippen molar-refractivity contribution in [2.75, 3.05) is 40.3 Å². The highest BCUT2D eigenvalue weighted by atomic mass is 16.5. The Balaban J connectivity index is 1.52. The predicted octanol–water partition coefficient (Wildman–Crippen LogP) is 2.50. The van der Waals surface area contributed by atoms with Crippen LogP contribution in [0.2, 0.25) is 0 Å². The number of hydrogen-bond acceptors (Lipinski definition) is 6. The van der Waals surface area contributed by atoms with Crippen LogP contribution in [-0.4, -0.2) is 67.1 Å². The van der Waals surface area contributed by atoms with Crippen molar-refractivity contribution < 1.29 is 13.9 Å². The van der Waals surface area contributed by atoms with Crippen LogP contribution in [0.1, 0.15) is 41.4 Å². The summed E-state index contributed by atoms with van der Waals surface area (Å²) in [6.45, 7) is 4.45. The maximum Gasteiger partial charge on any atom is 0.341 e. The number of para-hydroxylation sites is 1. The first-order valence-corrected chi connectivity index (χ1v) is 9.06. The lowest BCUT2D eigenvalue weighted by Gasteiger charge is -2.35. The summed E-state index contributed by atoms with van der Waals surface area (Å²) in [4.78, 5) is 21.6. The molecule has 1 aromatic carbocycles. The van der Waals surface area contributed by atoms with Gasteiger partial charge in [-0.1, -0.05) is 6.07 Å². The summed E-state index contributed by atoms with van der Waals surface area (Å²) in [7, 11) is 3.58. The van der Waals surface area contributed by atoms with Gasteiger partial charge in [-0.15, -0.1) is 0 Å². The number of methoxy groups -OCH3 is 1. The van der Waals surface area contributed by atoms with E-state index in [2.05, 4.69) is 21.8 Å². The van der Waals surface area contributed by atoms with E-state index in [1.807, 2.05) is 12.1 Å². The van der Waals surface area contributed by atoms with E-state index in [1.54, 1.807) is 6.07 Å². The summed E-state index contributed by atoms with van der Waals surface area (Å²) in [5.41, 5.74) is 1.72. The first-order chi connectivity index (χ1) is 12.2. The number of esters is 1. The Kier molecular flexibility index (Phi) is 4.48. The molecule has 2 aromatic rings. The van der Waals surface area contributed by atoms with Gasteiger partial charge in [0, 0.05) is 18.5 Å². The Morgan fingerprint density at radius 1 is 1.24 bits per heavy atom. The molecule has 2 aliphatic heterocycles. The number of fused-ring (bicyclic) bond motifs is 1. The van der Waals surface area contributed by atoms with Crippen LogP contribution in [0, 0.1) is 0 Å². The van der Waals surface area contributed by atoms with E-state index in [-0.39, 0.29) is 5.97 Å². The smallest absolute Gasteiger partial charge is 0.341 e. The average Bonchev–Trinajstić information content (AvgIpc) is 3.28. The van der Waals surface area contributed by atoms with Gasteiger partial charge in [0.05, 0.1) is 7.11 Å². The molecule has 134 valence electrons. The van der Waals surface area contributed by atoms with Crippen molar-refractivity contribution in [3.8, 4) is 0 Å². The number of carbonyl (C=O) groups is 1. The topological polar surface area (TPSA) is 58.8 Å². The summed E-state index contributed by atoms with van der Waals surface area (Å²) in [6.07, 6.45) is 3.54. The van der Waals surface area contributed by atoms with Crippen LogP contribution >= 0.6 is 0 Å². The number of rotatable bonds is 3. The molecule has 4 rings (SSSR count). The van der Waals surface area contributed by atoms with Gasteiger partial charge < -0.3 is 14.1 Å². The molecule has 0 bridgehead atoms. The van der Waals surface area contributed by atoms with Crippen LogP contribution in [0.15, 0.2) is 22.6 Å². The molecule has 2 saturated heterocycles. The van der Waals surface area contributed by atoms with Crippen molar-refractivity contribution in [3.05, 3.63) is 29.7 Å². The lowest BCUT2D eigenvalue weighted by molar-refractivity contribution is 0.0601. The quantitative estimate of drug-likeness (QED) is 0.798. The summed E-state index contributed by atoms with van der Waals surface area (Å²) in [5, 5.41) is 0. The van der Waals surface area contributed by atoms with Crippen molar-refractivity contribution in [1.29, 1.82) is 0 Å². The molecule has 0 N–H and O–H groups in total. The number of benzene rings is 1. The third kappa shape index (κ3) is 3.16. The fourth-order valence-electron chi connectivity index (χ4n) is 4.09. The van der Waals surface area contributed by atoms with Crippen LogP contribution in [0.3, 0.4) is 0 Å². The number of oxazole rings is 1. The average molecular weight is 343 g/mol. The molecule has 3 heterocycles. The molecule has 1 unspecified atom stereocenters. The molecule has 2 aliphatic rings. The Labute approximate surface area is 147 Å². The van der Waals surface area contributed by atoms with Crippen molar-refractivity contribution in [2.24, 2.45) is 0 Å². The number of nitrogens with zero attached hydrogens (tertiary/aromatic N) is 3. The second kappa shape index (κ2) is 6.77. The molecular formula is C19H25N3O3. The second-order valence-corrected chi connectivity index (χ2v) is 7.21. The lowest BCUT2D eigenvalue weighted by Crippen LogP contribution is -2.42. The number of carbonyl (C=O) groups excluding carboxylic acids is 1. The summed E-state index contributed by atoms with van der Waals surface area (Å²) in [5.74, 6) is 0.673. The third-order valence-corrected chi connectivity index (χ3v) is 5.61. The minimum absolute atomic E-state index is 0.303. The Hall–Kier alpha value is -1.92. The molecule has 1 atom stereocenters. The standard InChI is InChI=1S/C19H25N3O3/c1-21-9-7-14(8-10-21)22-11-6-13(12-22)18-20-16-5-3-4-15(17(16)25-18)19(23)24-2/h3-5,13-14H,6-12H2,1-2H3. The van der Waals surface area contributed by atoms with Gasteiger partial charge in [-0.05, 0) is 58.1 Å². The molecule has 2 fully saturated rings. The molecule has 25 heavy (non-hydrogen) atoms. The Bertz CT molecular complexity index is 764. The van der Waals surface area contributed by atoms with Crippen molar-refractivity contribution in [3.63, 3.8) is 0 Å². The SMILES string of the molecule is COC(=O)c1cccc2nc(C3CCN(C4CCN(C)CC4)C3)oc12. The largest absolute Gasteiger partial charge is 0.465 e. The van der Waals surface area contributed by atoms with E-state index < -0.39 is 0 Å². The van der Waals surface area contributed by atoms with Gasteiger partial charge in [0.1, 0.15) is 11.1 Å². The van der Waals surface area contributed by atoms with Crippen LogP contribution < -0.4 is 0 Å². The summed E-state index contributed by atoms with van der Waals surface area (Å²) < 4.78 is 10.9. The number of piperidine rings is 1. The number of aromatic nitrogens is 1. The molecule has 0 amide bonds. The van der Waals surface area contributed by atoms with E-state index in [4.69, 9.17) is 9.15 Å². The maximum absolute atomic E-state index is 11.9. The fourth-order valence-corrected chi connectivity index (χ4v) is 4.09. The Morgan fingerprint density at radius 3 is 2.80 bits per heavy atom. The van der Waals surface area contributed by atoms with Crippen LogP contribution in [-0.2, 0) is 4.74 Å². The second-order valence-electron chi connectivity index (χ2n) is 7.21. The van der Waals surface area contributed by atoms with Crippen LogP contribution in [0.4, 0.5) is 0 Å². The number of ether oxygens (including phenoxy) is 1. The van der Waals surface area contributed by atoms with Crippen LogP contribution in [0.5, 0.6) is 0 Å². The molecule has 0 radical (unpaired) electrons. The molecule has 0 saturated carbocycles. The molecule has 0 aliphatic carbocycles. The van der Waals surface area contributed by atoms with Crippen LogP contribution in [0.25, 0.3) is 11.1 Å². The van der Waals surface area contributed by atoms with Gasteiger partial charge >= 0.3 is 5.97 Å².